The first-order chi connectivity index (χ1) is 13.6. The second-order valence-corrected chi connectivity index (χ2v) is 9.89. The molecule has 1 fully saturated rings. The van der Waals surface area contributed by atoms with Gasteiger partial charge in [0.2, 0.25) is 10.0 Å². The third-order valence-corrected chi connectivity index (χ3v) is 8.10. The highest BCUT2D eigenvalue weighted by molar-refractivity contribution is 7.89. The fraction of sp³-hybridized carbons (Fsp3) is 0.409. The Kier molecular flexibility index (Phi) is 4.48. The van der Waals surface area contributed by atoms with Gasteiger partial charge in [-0.1, -0.05) is 18.2 Å². The standard InChI is InChI=1S/C22H25N3O2S/c26-28(27,19-10-9-16-5-1-2-6-18(16)15-19)25-13-11-17(12-14-25)22-23-20-7-3-4-8-21(20)24-22/h3-4,7-10,15,17H,1-2,5-6,11-14H2,(H,23,24). The van der Waals surface area contributed by atoms with Gasteiger partial charge in [-0.25, -0.2) is 13.4 Å². The molecule has 2 heterocycles. The minimum atomic E-state index is -3.42. The number of H-pyrrole nitrogens is 1. The Balaban J connectivity index is 1.33. The van der Waals surface area contributed by atoms with E-state index >= 15 is 0 Å². The summed E-state index contributed by atoms with van der Waals surface area (Å²) in [6.07, 6.45) is 6.01. The number of nitrogens with zero attached hydrogens (tertiary/aromatic N) is 2. The summed E-state index contributed by atoms with van der Waals surface area (Å²) in [6.45, 7) is 1.09. The number of aromatic nitrogens is 2. The van der Waals surface area contributed by atoms with Gasteiger partial charge in [-0.3, -0.25) is 0 Å². The molecule has 0 atom stereocenters. The van der Waals surface area contributed by atoms with Crippen molar-refractivity contribution in [2.75, 3.05) is 13.1 Å². The molecule has 1 aromatic heterocycles. The molecule has 0 spiro atoms. The van der Waals surface area contributed by atoms with Crippen molar-refractivity contribution in [2.24, 2.45) is 0 Å². The van der Waals surface area contributed by atoms with Gasteiger partial charge in [-0.05, 0) is 73.9 Å². The average molecular weight is 396 g/mol. The quantitative estimate of drug-likeness (QED) is 0.729. The Labute approximate surface area is 165 Å². The Morgan fingerprint density at radius 1 is 0.964 bits per heavy atom. The smallest absolute Gasteiger partial charge is 0.243 e. The molecule has 0 radical (unpaired) electrons. The minimum absolute atomic E-state index is 0.280. The summed E-state index contributed by atoms with van der Waals surface area (Å²) >= 11 is 0. The van der Waals surface area contributed by atoms with Gasteiger partial charge < -0.3 is 4.98 Å². The van der Waals surface area contributed by atoms with Crippen molar-refractivity contribution in [1.82, 2.24) is 14.3 Å². The first-order valence-corrected chi connectivity index (χ1v) is 11.6. The Bertz CT molecular complexity index is 1080. The summed E-state index contributed by atoms with van der Waals surface area (Å²) in [4.78, 5) is 8.57. The highest BCUT2D eigenvalue weighted by Crippen LogP contribution is 2.31. The predicted molar refractivity (Wildman–Crippen MR) is 110 cm³/mol. The van der Waals surface area contributed by atoms with Crippen LogP contribution in [0.4, 0.5) is 0 Å². The van der Waals surface area contributed by atoms with Gasteiger partial charge in [0.05, 0.1) is 15.9 Å². The normalized spacial score (nSPS) is 19.0. The molecule has 3 aromatic rings. The molecule has 2 aromatic carbocycles. The number of aryl methyl sites for hydroxylation is 2. The maximum Gasteiger partial charge on any atom is 0.243 e. The number of imidazole rings is 1. The number of benzene rings is 2. The fourth-order valence-corrected chi connectivity index (χ4v) is 6.08. The molecule has 6 heteroatoms. The number of sulfonamides is 1. The molecule has 0 amide bonds. The number of aromatic amines is 1. The molecule has 0 unspecified atom stereocenters. The van der Waals surface area contributed by atoms with Gasteiger partial charge in [0.25, 0.3) is 0 Å². The van der Waals surface area contributed by atoms with Crippen molar-refractivity contribution in [1.29, 1.82) is 0 Å². The Hall–Kier alpha value is -2.18. The minimum Gasteiger partial charge on any atom is -0.342 e. The van der Waals surface area contributed by atoms with Crippen LogP contribution in [0.3, 0.4) is 0 Å². The van der Waals surface area contributed by atoms with Gasteiger partial charge >= 0.3 is 0 Å². The number of para-hydroxylation sites is 2. The monoisotopic (exact) mass is 395 g/mol. The Morgan fingerprint density at radius 3 is 2.50 bits per heavy atom. The van der Waals surface area contributed by atoms with Gasteiger partial charge in [0, 0.05) is 19.0 Å². The van der Waals surface area contributed by atoms with E-state index in [9.17, 15) is 8.42 Å². The molecule has 1 aliphatic heterocycles. The molecular weight excluding hydrogens is 370 g/mol. The summed E-state index contributed by atoms with van der Waals surface area (Å²) in [6, 6.07) is 13.7. The lowest BCUT2D eigenvalue weighted by Crippen LogP contribution is -2.38. The molecule has 2 aliphatic rings. The van der Waals surface area contributed by atoms with Crippen LogP contribution in [0, 0.1) is 0 Å². The summed E-state index contributed by atoms with van der Waals surface area (Å²) in [5, 5.41) is 0. The van der Waals surface area contributed by atoms with Crippen LogP contribution in [0.15, 0.2) is 47.4 Å². The number of piperidine rings is 1. The van der Waals surface area contributed by atoms with E-state index in [4.69, 9.17) is 4.98 Å². The molecule has 0 saturated carbocycles. The van der Waals surface area contributed by atoms with Crippen LogP contribution >= 0.6 is 0 Å². The van der Waals surface area contributed by atoms with Crippen molar-refractivity contribution in [2.45, 2.75) is 49.3 Å². The van der Waals surface area contributed by atoms with E-state index < -0.39 is 10.0 Å². The summed E-state index contributed by atoms with van der Waals surface area (Å²) in [5.74, 6) is 1.26. The van der Waals surface area contributed by atoms with Crippen molar-refractivity contribution < 1.29 is 8.42 Å². The van der Waals surface area contributed by atoms with E-state index in [1.54, 1.807) is 10.4 Å². The van der Waals surface area contributed by atoms with Crippen molar-refractivity contribution >= 4 is 21.1 Å². The molecule has 1 N–H and O–H groups in total. The van der Waals surface area contributed by atoms with Gasteiger partial charge in [-0.2, -0.15) is 4.31 Å². The zero-order chi connectivity index (χ0) is 19.1. The molecule has 5 nitrogen and oxygen atoms in total. The summed E-state index contributed by atoms with van der Waals surface area (Å²) in [7, 11) is -3.42. The predicted octanol–water partition coefficient (Wildman–Crippen LogP) is 4.01. The molecule has 146 valence electrons. The van der Waals surface area contributed by atoms with E-state index in [1.807, 2.05) is 36.4 Å². The SMILES string of the molecule is O=S(=O)(c1ccc2c(c1)CCCC2)N1CCC(c2nc3ccccc3[nH]2)CC1. The van der Waals surface area contributed by atoms with Crippen molar-refractivity contribution in [3.63, 3.8) is 0 Å². The summed E-state index contributed by atoms with van der Waals surface area (Å²) in [5.41, 5.74) is 4.54. The van der Waals surface area contributed by atoms with Crippen LogP contribution in [-0.4, -0.2) is 35.8 Å². The van der Waals surface area contributed by atoms with E-state index in [2.05, 4.69) is 4.98 Å². The lowest BCUT2D eigenvalue weighted by Gasteiger charge is -2.30. The highest BCUT2D eigenvalue weighted by atomic mass is 32.2. The lowest BCUT2D eigenvalue weighted by molar-refractivity contribution is 0.314. The maximum atomic E-state index is 13.2. The number of nitrogens with one attached hydrogen (secondary N) is 1. The van der Waals surface area contributed by atoms with Gasteiger partial charge in [0.1, 0.15) is 5.82 Å². The highest BCUT2D eigenvalue weighted by Gasteiger charge is 2.31. The van der Waals surface area contributed by atoms with Crippen LogP contribution in [0.5, 0.6) is 0 Å². The van der Waals surface area contributed by atoms with Gasteiger partial charge in [0.15, 0.2) is 0 Å². The van der Waals surface area contributed by atoms with Crippen molar-refractivity contribution in [3.05, 3.63) is 59.4 Å². The molecule has 1 saturated heterocycles. The zero-order valence-corrected chi connectivity index (χ0v) is 16.7. The number of hydrogen-bond acceptors (Lipinski definition) is 3. The van der Waals surface area contributed by atoms with Crippen LogP contribution in [0.2, 0.25) is 0 Å². The first-order valence-electron chi connectivity index (χ1n) is 10.2. The first kappa shape index (κ1) is 17.9. The molecule has 1 aliphatic carbocycles. The third-order valence-electron chi connectivity index (χ3n) is 6.21. The largest absolute Gasteiger partial charge is 0.342 e. The van der Waals surface area contributed by atoms with Gasteiger partial charge in [-0.15, -0.1) is 0 Å². The molecule has 0 bridgehead atoms. The van der Waals surface area contributed by atoms with Crippen LogP contribution < -0.4 is 0 Å². The van der Waals surface area contributed by atoms with Crippen LogP contribution in [0.25, 0.3) is 11.0 Å². The van der Waals surface area contributed by atoms with E-state index in [0.29, 0.717) is 18.0 Å². The maximum absolute atomic E-state index is 13.2. The molecule has 5 rings (SSSR count). The Morgan fingerprint density at radius 2 is 1.71 bits per heavy atom. The van der Waals surface area contributed by atoms with E-state index in [-0.39, 0.29) is 5.92 Å². The second-order valence-electron chi connectivity index (χ2n) is 7.96. The van der Waals surface area contributed by atoms with E-state index in [0.717, 1.165) is 49.0 Å². The zero-order valence-electron chi connectivity index (χ0n) is 15.9. The van der Waals surface area contributed by atoms with Crippen LogP contribution in [0.1, 0.15) is 48.6 Å². The second kappa shape index (κ2) is 7.01. The fourth-order valence-electron chi connectivity index (χ4n) is 4.55. The van der Waals surface area contributed by atoms with Crippen LogP contribution in [-0.2, 0) is 22.9 Å². The average Bonchev–Trinajstić information content (AvgIpc) is 3.18. The number of rotatable bonds is 3. The lowest BCUT2D eigenvalue weighted by atomic mass is 9.92. The third kappa shape index (κ3) is 3.14. The topological polar surface area (TPSA) is 66.1 Å². The summed E-state index contributed by atoms with van der Waals surface area (Å²) < 4.78 is 28.0. The number of hydrogen-bond donors (Lipinski definition) is 1. The number of fused-ring (bicyclic) bond motifs is 2. The molecule has 28 heavy (non-hydrogen) atoms. The van der Waals surface area contributed by atoms with E-state index in [1.165, 1.54) is 17.5 Å². The van der Waals surface area contributed by atoms with Crippen molar-refractivity contribution in [3.8, 4) is 0 Å². The molecular formula is C22H25N3O2S.